The Morgan fingerprint density at radius 1 is 1.09 bits per heavy atom. The zero-order valence-corrected chi connectivity index (χ0v) is 20.8. The third kappa shape index (κ3) is 5.44. The normalized spacial score (nSPS) is 15.5. The van der Waals surface area contributed by atoms with Crippen molar-refractivity contribution in [1.29, 1.82) is 0 Å². The maximum absolute atomic E-state index is 13.6. The molecule has 0 spiro atoms. The Hall–Kier alpha value is -3.49. The molecule has 0 saturated carbocycles. The minimum atomic E-state index is -0.667. The van der Waals surface area contributed by atoms with Crippen LogP contribution >= 0.6 is 11.3 Å². The number of ether oxygens (including phenoxy) is 3. The van der Waals surface area contributed by atoms with E-state index in [1.54, 1.807) is 18.6 Å². The SMILES string of the molecule is CCCOc1ccc([C@H]2C(C(=O)OCCOC)=C(C)N=c3s/c(=C\c4ccccc4)c(=O)n32)cc1. The highest BCUT2D eigenvalue weighted by Crippen LogP contribution is 2.31. The predicted molar refractivity (Wildman–Crippen MR) is 135 cm³/mol. The van der Waals surface area contributed by atoms with Gasteiger partial charge in [-0.05, 0) is 42.7 Å². The van der Waals surface area contributed by atoms with Gasteiger partial charge in [0.25, 0.3) is 5.56 Å². The van der Waals surface area contributed by atoms with Crippen molar-refractivity contribution in [2.45, 2.75) is 26.3 Å². The lowest BCUT2D eigenvalue weighted by atomic mass is 9.96. The Morgan fingerprint density at radius 2 is 1.83 bits per heavy atom. The molecule has 0 saturated heterocycles. The van der Waals surface area contributed by atoms with Gasteiger partial charge in [0.2, 0.25) is 0 Å². The molecule has 1 aliphatic heterocycles. The van der Waals surface area contributed by atoms with E-state index in [0.29, 0.717) is 27.2 Å². The second kappa shape index (κ2) is 11.3. The lowest BCUT2D eigenvalue weighted by Crippen LogP contribution is -2.40. The van der Waals surface area contributed by atoms with Gasteiger partial charge in [0.05, 0.1) is 35.1 Å². The number of nitrogens with zero attached hydrogens (tertiary/aromatic N) is 2. The van der Waals surface area contributed by atoms with E-state index in [2.05, 4.69) is 4.99 Å². The van der Waals surface area contributed by atoms with Crippen LogP contribution in [-0.4, -0.2) is 37.5 Å². The first-order valence-corrected chi connectivity index (χ1v) is 12.3. The molecule has 8 heteroatoms. The molecule has 0 fully saturated rings. The van der Waals surface area contributed by atoms with Gasteiger partial charge in [-0.15, -0.1) is 0 Å². The summed E-state index contributed by atoms with van der Waals surface area (Å²) in [6.07, 6.45) is 2.75. The molecular formula is C27H28N2O5S. The van der Waals surface area contributed by atoms with Crippen LogP contribution in [0.1, 0.15) is 37.4 Å². The van der Waals surface area contributed by atoms with Gasteiger partial charge in [-0.3, -0.25) is 9.36 Å². The molecule has 0 amide bonds. The molecule has 0 N–H and O–H groups in total. The topological polar surface area (TPSA) is 79.1 Å². The summed E-state index contributed by atoms with van der Waals surface area (Å²) in [6.45, 7) is 4.82. The Kier molecular flexibility index (Phi) is 7.94. The molecule has 0 aliphatic carbocycles. The van der Waals surface area contributed by atoms with Gasteiger partial charge in [-0.1, -0.05) is 60.7 Å². The smallest absolute Gasteiger partial charge is 0.338 e. The van der Waals surface area contributed by atoms with E-state index in [1.165, 1.54) is 11.3 Å². The molecule has 2 aromatic carbocycles. The number of esters is 1. The highest BCUT2D eigenvalue weighted by Gasteiger charge is 2.33. The summed E-state index contributed by atoms with van der Waals surface area (Å²) in [7, 11) is 1.54. The quantitative estimate of drug-likeness (QED) is 0.339. The van der Waals surface area contributed by atoms with E-state index in [9.17, 15) is 9.59 Å². The third-order valence-electron chi connectivity index (χ3n) is 5.53. The largest absolute Gasteiger partial charge is 0.494 e. The van der Waals surface area contributed by atoms with Crippen molar-refractivity contribution in [3.05, 3.63) is 96.7 Å². The van der Waals surface area contributed by atoms with Crippen molar-refractivity contribution in [2.24, 2.45) is 4.99 Å². The molecule has 0 bridgehead atoms. The van der Waals surface area contributed by atoms with Crippen LogP contribution in [0.3, 0.4) is 0 Å². The van der Waals surface area contributed by atoms with Gasteiger partial charge in [0.15, 0.2) is 4.80 Å². The molecule has 3 aromatic rings. The minimum Gasteiger partial charge on any atom is -0.494 e. The summed E-state index contributed by atoms with van der Waals surface area (Å²) in [6, 6.07) is 16.5. The zero-order valence-electron chi connectivity index (χ0n) is 20.0. The van der Waals surface area contributed by atoms with Crippen LogP contribution in [0.15, 0.2) is 75.7 Å². The van der Waals surface area contributed by atoms with E-state index in [0.717, 1.165) is 23.3 Å². The average Bonchev–Trinajstić information content (AvgIpc) is 3.17. The minimum absolute atomic E-state index is 0.112. The van der Waals surface area contributed by atoms with E-state index in [-0.39, 0.29) is 18.8 Å². The van der Waals surface area contributed by atoms with E-state index < -0.39 is 12.0 Å². The average molecular weight is 493 g/mol. The van der Waals surface area contributed by atoms with Crippen molar-refractivity contribution < 1.29 is 19.0 Å². The monoisotopic (exact) mass is 492 g/mol. The summed E-state index contributed by atoms with van der Waals surface area (Å²) < 4.78 is 18.3. The predicted octanol–water partition coefficient (Wildman–Crippen LogP) is 3.21. The number of methoxy groups -OCH3 is 1. The van der Waals surface area contributed by atoms with Crippen LogP contribution in [0.25, 0.3) is 6.08 Å². The zero-order chi connectivity index (χ0) is 24.8. The lowest BCUT2D eigenvalue weighted by molar-refractivity contribution is -0.140. The number of benzene rings is 2. The fourth-order valence-electron chi connectivity index (χ4n) is 3.86. The number of rotatable bonds is 9. The van der Waals surface area contributed by atoms with Crippen LogP contribution in [0.2, 0.25) is 0 Å². The van der Waals surface area contributed by atoms with Gasteiger partial charge in [0, 0.05) is 7.11 Å². The highest BCUT2D eigenvalue weighted by atomic mass is 32.1. The molecule has 2 heterocycles. The van der Waals surface area contributed by atoms with Crippen molar-refractivity contribution in [1.82, 2.24) is 4.57 Å². The standard InChI is InChI=1S/C27H28N2O5S/c1-4-14-33-21-12-10-20(11-13-21)24-23(26(31)34-16-15-32-3)18(2)28-27-29(24)25(30)22(35-27)17-19-8-6-5-7-9-19/h5-13,17,24H,4,14-16H2,1-3H3/b22-17-/t24-/m0/s1. The fourth-order valence-corrected chi connectivity index (χ4v) is 4.91. The Balaban J connectivity index is 1.83. The summed E-state index contributed by atoms with van der Waals surface area (Å²) in [5, 5.41) is 0. The van der Waals surface area contributed by atoms with Crippen LogP contribution < -0.4 is 19.6 Å². The number of allylic oxidation sites excluding steroid dienone is 1. The van der Waals surface area contributed by atoms with Gasteiger partial charge in [-0.2, -0.15) is 0 Å². The van der Waals surface area contributed by atoms with Gasteiger partial charge >= 0.3 is 5.97 Å². The molecule has 0 radical (unpaired) electrons. The number of fused-ring (bicyclic) bond motifs is 1. The summed E-state index contributed by atoms with van der Waals surface area (Å²) in [5.41, 5.74) is 2.35. The fraction of sp³-hybridized carbons (Fsp3) is 0.296. The Morgan fingerprint density at radius 3 is 2.51 bits per heavy atom. The van der Waals surface area contributed by atoms with E-state index in [1.807, 2.05) is 67.6 Å². The van der Waals surface area contributed by atoms with Gasteiger partial charge in [0.1, 0.15) is 12.4 Å². The summed E-state index contributed by atoms with van der Waals surface area (Å²) in [5.74, 6) is 0.217. The Labute approximate surface area is 207 Å². The van der Waals surface area contributed by atoms with Crippen molar-refractivity contribution in [3.63, 3.8) is 0 Å². The van der Waals surface area contributed by atoms with Crippen molar-refractivity contribution in [2.75, 3.05) is 26.9 Å². The molecule has 4 rings (SSSR count). The number of thiazole rings is 1. The molecule has 7 nitrogen and oxygen atoms in total. The number of carbonyl (C=O) groups is 1. The van der Waals surface area contributed by atoms with Crippen molar-refractivity contribution >= 4 is 23.4 Å². The number of hydrogen-bond donors (Lipinski definition) is 0. The van der Waals surface area contributed by atoms with Gasteiger partial charge in [-0.25, -0.2) is 9.79 Å². The Bertz CT molecular complexity index is 1390. The number of carbonyl (C=O) groups excluding carboxylic acids is 1. The molecule has 0 unspecified atom stereocenters. The maximum Gasteiger partial charge on any atom is 0.338 e. The van der Waals surface area contributed by atoms with Crippen LogP contribution in [0, 0.1) is 0 Å². The second-order valence-electron chi connectivity index (χ2n) is 8.04. The molecule has 182 valence electrons. The first kappa shape index (κ1) is 24.6. The molecule has 1 aromatic heterocycles. The van der Waals surface area contributed by atoms with E-state index in [4.69, 9.17) is 14.2 Å². The molecular weight excluding hydrogens is 464 g/mol. The maximum atomic E-state index is 13.6. The van der Waals surface area contributed by atoms with Crippen molar-refractivity contribution in [3.8, 4) is 5.75 Å². The van der Waals surface area contributed by atoms with Crippen LogP contribution in [-0.2, 0) is 14.3 Å². The van der Waals surface area contributed by atoms with Crippen LogP contribution in [0.5, 0.6) is 5.75 Å². The highest BCUT2D eigenvalue weighted by molar-refractivity contribution is 7.07. The number of hydrogen-bond acceptors (Lipinski definition) is 7. The lowest BCUT2D eigenvalue weighted by Gasteiger charge is -2.25. The first-order valence-electron chi connectivity index (χ1n) is 11.5. The summed E-state index contributed by atoms with van der Waals surface area (Å²) >= 11 is 1.31. The summed E-state index contributed by atoms with van der Waals surface area (Å²) in [4.78, 5) is 31.9. The second-order valence-corrected chi connectivity index (χ2v) is 9.05. The number of aromatic nitrogens is 1. The van der Waals surface area contributed by atoms with Crippen LogP contribution in [0.4, 0.5) is 0 Å². The molecule has 35 heavy (non-hydrogen) atoms. The van der Waals surface area contributed by atoms with Gasteiger partial charge < -0.3 is 14.2 Å². The molecule has 1 aliphatic rings. The van der Waals surface area contributed by atoms with E-state index >= 15 is 0 Å². The third-order valence-corrected chi connectivity index (χ3v) is 6.51. The molecule has 1 atom stereocenters. The first-order chi connectivity index (χ1) is 17.0.